The van der Waals surface area contributed by atoms with Crippen molar-refractivity contribution in [1.82, 2.24) is 5.06 Å². The number of anilines is 2. The Bertz CT molecular complexity index is 1460. The highest BCUT2D eigenvalue weighted by atomic mass is 16.5. The summed E-state index contributed by atoms with van der Waals surface area (Å²) in [7, 11) is 0. The van der Waals surface area contributed by atoms with E-state index in [4.69, 9.17) is 0 Å². The highest BCUT2D eigenvalue weighted by Gasteiger charge is 2.50. The van der Waals surface area contributed by atoms with Crippen molar-refractivity contribution in [1.29, 1.82) is 0 Å². The summed E-state index contributed by atoms with van der Waals surface area (Å²) in [5.41, 5.74) is 0.789. The van der Waals surface area contributed by atoms with Gasteiger partial charge in [0.15, 0.2) is 0 Å². The molecule has 0 saturated carbocycles. The van der Waals surface area contributed by atoms with Crippen LogP contribution in [-0.2, 0) is 19.2 Å². The first-order chi connectivity index (χ1) is 17.4. The van der Waals surface area contributed by atoms with E-state index in [1.54, 1.807) is 24.3 Å². The van der Waals surface area contributed by atoms with E-state index < -0.39 is 35.7 Å². The third kappa shape index (κ3) is 3.46. The van der Waals surface area contributed by atoms with Crippen LogP contribution in [0.25, 0.3) is 21.5 Å². The number of hydrogen-bond donors (Lipinski definition) is 1. The summed E-state index contributed by atoms with van der Waals surface area (Å²) in [5.74, 6) is -2.24. The van der Waals surface area contributed by atoms with Gasteiger partial charge < -0.3 is 5.21 Å². The number of imide groups is 2. The number of carbonyl (C=O) groups excluding carboxylic acids is 4. The molecular weight excluding hydrogens is 458 g/mol. The maximum absolute atomic E-state index is 13.2. The maximum Gasteiger partial charge on any atom is 0.254 e. The van der Waals surface area contributed by atoms with Gasteiger partial charge in [-0.25, -0.2) is 9.80 Å². The molecule has 0 spiro atoms. The number of nitrogens with zero attached hydrogens (tertiary/aromatic N) is 3. The fourth-order valence-corrected chi connectivity index (χ4v) is 5.04. The minimum absolute atomic E-state index is 0.296. The minimum Gasteiger partial charge on any atom is -0.312 e. The molecule has 4 aromatic rings. The zero-order chi connectivity index (χ0) is 25.0. The molecule has 0 unspecified atom stereocenters. The third-order valence-corrected chi connectivity index (χ3v) is 6.87. The van der Waals surface area contributed by atoms with E-state index in [0.29, 0.717) is 16.4 Å². The SMILES string of the molecule is O=C1C[C@H](N(O)[C@H]2CC(=O)N(c3ccc4ccccc4c3)C2=O)C(=O)N1c1ccc2ccccc2c1. The van der Waals surface area contributed by atoms with E-state index in [0.717, 1.165) is 31.3 Å². The quantitative estimate of drug-likeness (QED) is 0.355. The Kier molecular flexibility index (Phi) is 5.13. The minimum atomic E-state index is -1.26. The van der Waals surface area contributed by atoms with Gasteiger partial charge in [-0.05, 0) is 45.8 Å². The van der Waals surface area contributed by atoms with Crippen molar-refractivity contribution in [2.45, 2.75) is 24.9 Å². The lowest BCUT2D eigenvalue weighted by Gasteiger charge is -2.25. The van der Waals surface area contributed by atoms with Crippen molar-refractivity contribution in [2.24, 2.45) is 0 Å². The molecular formula is C28H21N3O5. The molecule has 4 aromatic carbocycles. The second kappa shape index (κ2) is 8.37. The van der Waals surface area contributed by atoms with Crippen LogP contribution in [0.2, 0.25) is 0 Å². The van der Waals surface area contributed by atoms with Crippen LogP contribution in [0.4, 0.5) is 11.4 Å². The molecule has 2 saturated heterocycles. The number of fused-ring (bicyclic) bond motifs is 2. The Morgan fingerprint density at radius 1 is 0.583 bits per heavy atom. The first-order valence-corrected chi connectivity index (χ1v) is 11.6. The molecule has 36 heavy (non-hydrogen) atoms. The summed E-state index contributed by atoms with van der Waals surface area (Å²) in [6, 6.07) is 23.1. The van der Waals surface area contributed by atoms with Gasteiger partial charge in [-0.3, -0.25) is 19.2 Å². The number of hydrogen-bond acceptors (Lipinski definition) is 6. The van der Waals surface area contributed by atoms with Gasteiger partial charge in [-0.1, -0.05) is 60.7 Å². The Morgan fingerprint density at radius 3 is 1.39 bits per heavy atom. The lowest BCUT2D eigenvalue weighted by molar-refractivity contribution is -0.172. The number of amides is 4. The van der Waals surface area contributed by atoms with Crippen LogP contribution in [0.15, 0.2) is 84.9 Å². The Balaban J connectivity index is 1.25. The molecule has 8 heteroatoms. The van der Waals surface area contributed by atoms with E-state index in [1.165, 1.54) is 0 Å². The van der Waals surface area contributed by atoms with Gasteiger partial charge in [0.05, 0.1) is 24.2 Å². The van der Waals surface area contributed by atoms with Crippen molar-refractivity contribution in [3.63, 3.8) is 0 Å². The first kappa shape index (κ1) is 22.1. The predicted molar refractivity (Wildman–Crippen MR) is 133 cm³/mol. The monoisotopic (exact) mass is 479 g/mol. The molecule has 8 nitrogen and oxygen atoms in total. The van der Waals surface area contributed by atoms with Crippen LogP contribution in [0, 0.1) is 0 Å². The van der Waals surface area contributed by atoms with E-state index in [2.05, 4.69) is 0 Å². The third-order valence-electron chi connectivity index (χ3n) is 6.87. The summed E-state index contributed by atoms with van der Waals surface area (Å²) in [5, 5.41) is 15.2. The zero-order valence-electron chi connectivity index (χ0n) is 19.1. The summed E-state index contributed by atoms with van der Waals surface area (Å²) < 4.78 is 0. The maximum atomic E-state index is 13.2. The Morgan fingerprint density at radius 2 is 0.972 bits per heavy atom. The molecule has 2 aliphatic heterocycles. The molecule has 178 valence electrons. The smallest absolute Gasteiger partial charge is 0.254 e. The van der Waals surface area contributed by atoms with Crippen LogP contribution in [0.1, 0.15) is 12.8 Å². The predicted octanol–water partition coefficient (Wildman–Crippen LogP) is 3.65. The van der Waals surface area contributed by atoms with Gasteiger partial charge in [0, 0.05) is 0 Å². The molecule has 6 rings (SSSR count). The topological polar surface area (TPSA) is 98.2 Å². The second-order valence-electron chi connectivity index (χ2n) is 9.02. The average molecular weight is 479 g/mol. The molecule has 0 aromatic heterocycles. The average Bonchev–Trinajstić information content (AvgIpc) is 3.36. The molecule has 0 aliphatic carbocycles. The van der Waals surface area contributed by atoms with Crippen LogP contribution in [0.5, 0.6) is 0 Å². The standard InChI is InChI=1S/C28H21N3O5/c32-25-15-23(27(34)29(25)21-11-9-17-5-1-3-7-19(17)13-21)31(36)24-16-26(33)30(28(24)35)22-12-10-18-6-2-4-8-20(18)14-22/h1-14,23-24,36H,15-16H2/t23-,24-/m0/s1. The van der Waals surface area contributed by atoms with E-state index in [-0.39, 0.29) is 12.8 Å². The summed E-state index contributed by atoms with van der Waals surface area (Å²) in [4.78, 5) is 54.1. The van der Waals surface area contributed by atoms with E-state index >= 15 is 0 Å². The molecule has 2 heterocycles. The highest BCUT2D eigenvalue weighted by molar-refractivity contribution is 6.25. The number of benzene rings is 4. The molecule has 4 amide bonds. The number of rotatable bonds is 4. The van der Waals surface area contributed by atoms with Crippen molar-refractivity contribution in [3.05, 3.63) is 84.9 Å². The molecule has 2 atom stereocenters. The summed E-state index contributed by atoms with van der Waals surface area (Å²) in [6.07, 6.45) is -0.591. The lowest BCUT2D eigenvalue weighted by Crippen LogP contribution is -2.49. The van der Waals surface area contributed by atoms with Gasteiger partial charge in [0.2, 0.25) is 11.8 Å². The van der Waals surface area contributed by atoms with Gasteiger partial charge in [-0.2, -0.15) is 5.06 Å². The van der Waals surface area contributed by atoms with Crippen LogP contribution >= 0.6 is 0 Å². The lowest BCUT2D eigenvalue weighted by atomic mass is 10.1. The molecule has 2 aliphatic rings. The zero-order valence-corrected chi connectivity index (χ0v) is 19.1. The van der Waals surface area contributed by atoms with Gasteiger partial charge >= 0.3 is 0 Å². The molecule has 1 N–H and O–H groups in total. The normalized spacial score (nSPS) is 20.5. The van der Waals surface area contributed by atoms with Gasteiger partial charge in [0.1, 0.15) is 12.1 Å². The second-order valence-corrected chi connectivity index (χ2v) is 9.02. The van der Waals surface area contributed by atoms with E-state index in [1.807, 2.05) is 60.7 Å². The summed E-state index contributed by atoms with van der Waals surface area (Å²) in [6.45, 7) is 0. The van der Waals surface area contributed by atoms with Crippen molar-refractivity contribution in [3.8, 4) is 0 Å². The number of hydroxylamine groups is 2. The van der Waals surface area contributed by atoms with E-state index in [9.17, 15) is 24.4 Å². The molecule has 2 fully saturated rings. The van der Waals surface area contributed by atoms with Gasteiger partial charge in [0.25, 0.3) is 11.8 Å². The fraction of sp³-hybridized carbons (Fsp3) is 0.143. The van der Waals surface area contributed by atoms with Crippen molar-refractivity contribution in [2.75, 3.05) is 9.80 Å². The molecule has 0 bridgehead atoms. The van der Waals surface area contributed by atoms with Crippen molar-refractivity contribution >= 4 is 56.5 Å². The molecule has 0 radical (unpaired) electrons. The largest absolute Gasteiger partial charge is 0.312 e. The van der Waals surface area contributed by atoms with Crippen LogP contribution < -0.4 is 9.80 Å². The first-order valence-electron chi connectivity index (χ1n) is 11.6. The van der Waals surface area contributed by atoms with Crippen LogP contribution in [-0.4, -0.2) is 46.0 Å². The highest BCUT2D eigenvalue weighted by Crippen LogP contribution is 2.32. The van der Waals surface area contributed by atoms with Crippen molar-refractivity contribution < 1.29 is 24.4 Å². The fourth-order valence-electron chi connectivity index (χ4n) is 5.04. The van der Waals surface area contributed by atoms with Gasteiger partial charge in [-0.15, -0.1) is 0 Å². The van der Waals surface area contributed by atoms with Crippen LogP contribution in [0.3, 0.4) is 0 Å². The number of carbonyl (C=O) groups is 4. The Labute approximate surface area is 205 Å². The Hall–Kier alpha value is -4.40. The summed E-state index contributed by atoms with van der Waals surface area (Å²) >= 11 is 0.